The SMILES string of the molecule is COc1cc(C)cc(C)c1CN(C)C1CCNC1. The molecule has 2 rings (SSSR count). The molecule has 1 N–H and O–H groups in total. The van der Waals surface area contributed by atoms with Gasteiger partial charge in [-0.15, -0.1) is 0 Å². The van der Waals surface area contributed by atoms with Crippen LogP contribution in [0.3, 0.4) is 0 Å². The van der Waals surface area contributed by atoms with Crippen LogP contribution in [0.1, 0.15) is 23.1 Å². The van der Waals surface area contributed by atoms with Gasteiger partial charge in [0.15, 0.2) is 0 Å². The molecule has 0 amide bonds. The lowest BCUT2D eigenvalue weighted by molar-refractivity contribution is 0.244. The molecule has 1 atom stereocenters. The lowest BCUT2D eigenvalue weighted by Gasteiger charge is -2.25. The number of nitrogens with zero attached hydrogens (tertiary/aromatic N) is 1. The first-order valence-corrected chi connectivity index (χ1v) is 6.67. The number of ether oxygens (including phenoxy) is 1. The predicted molar refractivity (Wildman–Crippen MR) is 75.2 cm³/mol. The molecular formula is C15H24N2O. The molecule has 0 aliphatic carbocycles. The molecule has 0 aromatic heterocycles. The average Bonchev–Trinajstić information content (AvgIpc) is 2.85. The second-order valence-corrected chi connectivity index (χ2v) is 5.32. The van der Waals surface area contributed by atoms with E-state index in [-0.39, 0.29) is 0 Å². The van der Waals surface area contributed by atoms with Crippen LogP contribution in [0.5, 0.6) is 5.75 Å². The molecule has 0 saturated carbocycles. The summed E-state index contributed by atoms with van der Waals surface area (Å²) in [6, 6.07) is 5.01. The Morgan fingerprint density at radius 1 is 1.39 bits per heavy atom. The van der Waals surface area contributed by atoms with E-state index in [9.17, 15) is 0 Å². The maximum atomic E-state index is 5.53. The second-order valence-electron chi connectivity index (χ2n) is 5.32. The summed E-state index contributed by atoms with van der Waals surface area (Å²) in [7, 11) is 3.96. The van der Waals surface area contributed by atoms with E-state index in [0.29, 0.717) is 6.04 Å². The number of hydrogen-bond donors (Lipinski definition) is 1. The Morgan fingerprint density at radius 2 is 2.17 bits per heavy atom. The Balaban J connectivity index is 2.17. The van der Waals surface area contributed by atoms with Gasteiger partial charge < -0.3 is 10.1 Å². The van der Waals surface area contributed by atoms with Gasteiger partial charge in [0.25, 0.3) is 0 Å². The highest BCUT2D eigenvalue weighted by molar-refractivity contribution is 5.43. The van der Waals surface area contributed by atoms with Crippen molar-refractivity contribution in [2.45, 2.75) is 32.9 Å². The lowest BCUT2D eigenvalue weighted by atomic mass is 10.0. The summed E-state index contributed by atoms with van der Waals surface area (Å²) < 4.78 is 5.53. The minimum atomic E-state index is 0.649. The molecule has 1 aliphatic rings. The van der Waals surface area contributed by atoms with Gasteiger partial charge in [0, 0.05) is 24.7 Å². The smallest absolute Gasteiger partial charge is 0.123 e. The van der Waals surface area contributed by atoms with Crippen LogP contribution >= 0.6 is 0 Å². The summed E-state index contributed by atoms with van der Waals surface area (Å²) in [4.78, 5) is 2.43. The van der Waals surface area contributed by atoms with Crippen LogP contribution < -0.4 is 10.1 Å². The Labute approximate surface area is 110 Å². The molecule has 3 nitrogen and oxygen atoms in total. The van der Waals surface area contributed by atoms with Crippen molar-refractivity contribution >= 4 is 0 Å². The third-order valence-electron chi connectivity index (χ3n) is 3.86. The molecule has 1 aliphatic heterocycles. The molecule has 0 radical (unpaired) electrons. The zero-order valence-electron chi connectivity index (χ0n) is 11.9. The fraction of sp³-hybridized carbons (Fsp3) is 0.600. The first-order valence-electron chi connectivity index (χ1n) is 6.67. The van der Waals surface area contributed by atoms with E-state index in [4.69, 9.17) is 4.74 Å². The molecule has 100 valence electrons. The molecule has 1 heterocycles. The molecule has 1 saturated heterocycles. The second kappa shape index (κ2) is 5.72. The summed E-state index contributed by atoms with van der Waals surface area (Å²) in [6.07, 6.45) is 1.24. The summed E-state index contributed by atoms with van der Waals surface area (Å²) in [5, 5.41) is 3.42. The Morgan fingerprint density at radius 3 is 2.78 bits per heavy atom. The number of benzene rings is 1. The molecular weight excluding hydrogens is 224 g/mol. The minimum Gasteiger partial charge on any atom is -0.496 e. The highest BCUT2D eigenvalue weighted by Gasteiger charge is 2.20. The first-order chi connectivity index (χ1) is 8.61. The van der Waals surface area contributed by atoms with Crippen LogP contribution in [-0.4, -0.2) is 38.2 Å². The normalized spacial score (nSPS) is 19.5. The van der Waals surface area contributed by atoms with E-state index in [1.807, 2.05) is 0 Å². The van der Waals surface area contributed by atoms with Crippen molar-refractivity contribution in [2.75, 3.05) is 27.2 Å². The minimum absolute atomic E-state index is 0.649. The van der Waals surface area contributed by atoms with Gasteiger partial charge in [-0.1, -0.05) is 6.07 Å². The van der Waals surface area contributed by atoms with E-state index in [1.54, 1.807) is 7.11 Å². The number of likely N-dealkylation sites (N-methyl/N-ethyl adjacent to an activating group) is 1. The quantitative estimate of drug-likeness (QED) is 0.883. The van der Waals surface area contributed by atoms with Crippen LogP contribution in [0.25, 0.3) is 0 Å². The number of hydrogen-bond acceptors (Lipinski definition) is 3. The highest BCUT2D eigenvalue weighted by Crippen LogP contribution is 2.26. The maximum Gasteiger partial charge on any atom is 0.123 e. The van der Waals surface area contributed by atoms with Gasteiger partial charge in [0.05, 0.1) is 7.11 Å². The van der Waals surface area contributed by atoms with E-state index < -0.39 is 0 Å². The van der Waals surface area contributed by atoms with Crippen molar-refractivity contribution in [3.63, 3.8) is 0 Å². The van der Waals surface area contributed by atoms with Crippen molar-refractivity contribution in [2.24, 2.45) is 0 Å². The predicted octanol–water partition coefficient (Wildman–Crippen LogP) is 2.11. The van der Waals surface area contributed by atoms with E-state index >= 15 is 0 Å². The molecule has 18 heavy (non-hydrogen) atoms. The summed E-state index contributed by atoms with van der Waals surface area (Å²) in [5.41, 5.74) is 3.90. The summed E-state index contributed by atoms with van der Waals surface area (Å²) >= 11 is 0. The number of methoxy groups -OCH3 is 1. The summed E-state index contributed by atoms with van der Waals surface area (Å²) in [5.74, 6) is 1.02. The molecule has 1 aromatic carbocycles. The standard InChI is InChI=1S/C15H24N2O/c1-11-7-12(2)14(15(8-11)18-4)10-17(3)13-5-6-16-9-13/h7-8,13,16H,5-6,9-10H2,1-4H3. The monoisotopic (exact) mass is 248 g/mol. The van der Waals surface area contributed by atoms with Crippen molar-refractivity contribution in [3.8, 4) is 5.75 Å². The third kappa shape index (κ3) is 2.85. The van der Waals surface area contributed by atoms with Crippen LogP contribution in [0.15, 0.2) is 12.1 Å². The van der Waals surface area contributed by atoms with E-state index in [1.165, 1.54) is 23.1 Å². The Bertz CT molecular complexity index is 411. The van der Waals surface area contributed by atoms with Crippen molar-refractivity contribution in [1.29, 1.82) is 0 Å². The third-order valence-corrected chi connectivity index (χ3v) is 3.86. The van der Waals surface area contributed by atoms with Gasteiger partial charge in [-0.05, 0) is 51.1 Å². The molecule has 0 spiro atoms. The Kier molecular flexibility index (Phi) is 4.25. The fourth-order valence-corrected chi connectivity index (χ4v) is 2.74. The van der Waals surface area contributed by atoms with Crippen LogP contribution in [0.4, 0.5) is 0 Å². The van der Waals surface area contributed by atoms with Crippen LogP contribution in [0.2, 0.25) is 0 Å². The van der Waals surface area contributed by atoms with Gasteiger partial charge in [-0.2, -0.15) is 0 Å². The van der Waals surface area contributed by atoms with Gasteiger partial charge in [0.1, 0.15) is 5.75 Å². The van der Waals surface area contributed by atoms with Crippen LogP contribution in [-0.2, 0) is 6.54 Å². The van der Waals surface area contributed by atoms with Crippen LogP contribution in [0, 0.1) is 13.8 Å². The number of nitrogens with one attached hydrogen (secondary N) is 1. The molecule has 0 bridgehead atoms. The van der Waals surface area contributed by atoms with E-state index in [0.717, 1.165) is 25.4 Å². The summed E-state index contributed by atoms with van der Waals surface area (Å²) in [6.45, 7) is 7.49. The Hall–Kier alpha value is -1.06. The molecule has 1 aromatic rings. The van der Waals surface area contributed by atoms with Gasteiger partial charge in [0.2, 0.25) is 0 Å². The van der Waals surface area contributed by atoms with Crippen molar-refractivity contribution in [1.82, 2.24) is 10.2 Å². The maximum absolute atomic E-state index is 5.53. The van der Waals surface area contributed by atoms with Crippen molar-refractivity contribution in [3.05, 3.63) is 28.8 Å². The van der Waals surface area contributed by atoms with Gasteiger partial charge in [-0.25, -0.2) is 0 Å². The topological polar surface area (TPSA) is 24.5 Å². The zero-order chi connectivity index (χ0) is 13.1. The first kappa shape index (κ1) is 13.4. The van der Waals surface area contributed by atoms with Gasteiger partial charge in [-0.3, -0.25) is 4.90 Å². The average molecular weight is 248 g/mol. The zero-order valence-corrected chi connectivity index (χ0v) is 11.9. The molecule has 3 heteroatoms. The molecule has 1 fully saturated rings. The number of aryl methyl sites for hydroxylation is 2. The molecule has 1 unspecified atom stereocenters. The van der Waals surface area contributed by atoms with E-state index in [2.05, 4.69) is 43.2 Å². The number of rotatable bonds is 4. The largest absolute Gasteiger partial charge is 0.496 e. The fourth-order valence-electron chi connectivity index (χ4n) is 2.74. The van der Waals surface area contributed by atoms with Crippen molar-refractivity contribution < 1.29 is 4.74 Å². The highest BCUT2D eigenvalue weighted by atomic mass is 16.5. The van der Waals surface area contributed by atoms with Gasteiger partial charge >= 0.3 is 0 Å². The lowest BCUT2D eigenvalue weighted by Crippen LogP contribution is -2.33.